The number of aryl methyl sites for hydroxylation is 1. The van der Waals surface area contributed by atoms with Crippen LogP contribution in [0.3, 0.4) is 0 Å². The van der Waals surface area contributed by atoms with Crippen molar-refractivity contribution in [2.75, 3.05) is 13.7 Å². The second-order valence-corrected chi connectivity index (χ2v) is 5.19. The largest absolute Gasteiger partial charge is 0.379 e. The molecule has 1 unspecified atom stereocenters. The number of aromatic nitrogens is 2. The number of rotatable bonds is 6. The Balaban J connectivity index is 2.94. The van der Waals surface area contributed by atoms with Gasteiger partial charge in [-0.25, -0.2) is 0 Å². The van der Waals surface area contributed by atoms with Crippen molar-refractivity contribution in [3.05, 3.63) is 16.9 Å². The van der Waals surface area contributed by atoms with Crippen molar-refractivity contribution in [2.45, 2.75) is 38.8 Å². The van der Waals surface area contributed by atoms with Crippen LogP contribution < -0.4 is 5.32 Å². The molecule has 0 aliphatic carbocycles. The lowest BCUT2D eigenvalue weighted by molar-refractivity contribution is 0.00635. The second-order valence-electron chi connectivity index (χ2n) is 4.78. The van der Waals surface area contributed by atoms with Gasteiger partial charge in [-0.15, -0.1) is 0 Å². The van der Waals surface area contributed by atoms with Gasteiger partial charge in [-0.05, 0) is 26.8 Å². The Morgan fingerprint density at radius 2 is 2.24 bits per heavy atom. The molecule has 0 saturated carbocycles. The molecule has 0 fully saturated rings. The van der Waals surface area contributed by atoms with E-state index in [9.17, 15) is 0 Å². The fraction of sp³-hybridized carbons (Fsp3) is 0.750. The van der Waals surface area contributed by atoms with Crippen molar-refractivity contribution in [1.29, 1.82) is 0 Å². The van der Waals surface area contributed by atoms with E-state index in [4.69, 9.17) is 16.3 Å². The van der Waals surface area contributed by atoms with Crippen LogP contribution in [0.5, 0.6) is 0 Å². The fourth-order valence-corrected chi connectivity index (χ4v) is 2.20. The molecule has 1 atom stereocenters. The van der Waals surface area contributed by atoms with Crippen molar-refractivity contribution in [2.24, 2.45) is 7.05 Å². The zero-order valence-corrected chi connectivity index (χ0v) is 12.0. The van der Waals surface area contributed by atoms with Gasteiger partial charge >= 0.3 is 0 Å². The zero-order chi connectivity index (χ0) is 13.1. The van der Waals surface area contributed by atoms with Crippen LogP contribution in [0.2, 0.25) is 5.02 Å². The molecular weight excluding hydrogens is 238 g/mol. The third-order valence-corrected chi connectivity index (χ3v) is 3.26. The highest BCUT2D eigenvalue weighted by Gasteiger charge is 2.26. The van der Waals surface area contributed by atoms with Gasteiger partial charge < -0.3 is 10.1 Å². The molecule has 0 aliphatic rings. The summed E-state index contributed by atoms with van der Waals surface area (Å²) in [5.74, 6) is 0. The van der Waals surface area contributed by atoms with Gasteiger partial charge in [0.25, 0.3) is 0 Å². The minimum absolute atomic E-state index is 0.148. The first kappa shape index (κ1) is 14.5. The van der Waals surface area contributed by atoms with Crippen LogP contribution in [0, 0.1) is 0 Å². The third kappa shape index (κ3) is 3.69. The molecule has 0 aliphatic heterocycles. The smallest absolute Gasteiger partial charge is 0.0834 e. The van der Waals surface area contributed by atoms with Crippen LogP contribution in [0.4, 0.5) is 0 Å². The van der Waals surface area contributed by atoms with E-state index in [1.165, 1.54) is 0 Å². The van der Waals surface area contributed by atoms with Crippen molar-refractivity contribution in [3.8, 4) is 0 Å². The molecule has 4 nitrogen and oxygen atoms in total. The molecule has 1 aromatic rings. The van der Waals surface area contributed by atoms with E-state index in [-0.39, 0.29) is 11.6 Å². The lowest BCUT2D eigenvalue weighted by Crippen LogP contribution is -2.33. The molecule has 1 rings (SSSR count). The van der Waals surface area contributed by atoms with Crippen LogP contribution >= 0.6 is 11.6 Å². The minimum atomic E-state index is -0.194. The van der Waals surface area contributed by atoms with E-state index in [1.54, 1.807) is 13.3 Å². The fourth-order valence-electron chi connectivity index (χ4n) is 1.90. The van der Waals surface area contributed by atoms with E-state index in [0.717, 1.165) is 18.7 Å². The van der Waals surface area contributed by atoms with Gasteiger partial charge in [-0.1, -0.05) is 18.5 Å². The quantitative estimate of drug-likeness (QED) is 0.853. The highest BCUT2D eigenvalue weighted by atomic mass is 35.5. The van der Waals surface area contributed by atoms with Crippen LogP contribution in [0.25, 0.3) is 0 Å². The molecule has 0 spiro atoms. The molecule has 5 heteroatoms. The van der Waals surface area contributed by atoms with Gasteiger partial charge in [-0.2, -0.15) is 5.10 Å². The van der Waals surface area contributed by atoms with Crippen molar-refractivity contribution < 1.29 is 4.74 Å². The second kappa shape index (κ2) is 5.85. The summed E-state index contributed by atoms with van der Waals surface area (Å²) >= 11 is 6.18. The number of ether oxygens (including phenoxy) is 1. The van der Waals surface area contributed by atoms with E-state index < -0.39 is 0 Å². The molecule has 0 saturated heterocycles. The predicted octanol–water partition coefficient (Wildman–Crippen LogP) is 2.54. The molecule has 1 N–H and O–H groups in total. The molecule has 0 amide bonds. The third-order valence-electron chi connectivity index (χ3n) is 2.97. The predicted molar refractivity (Wildman–Crippen MR) is 70.3 cm³/mol. The Morgan fingerprint density at radius 1 is 1.59 bits per heavy atom. The standard InChI is InChI=1S/C12H22ClN3O/c1-6-14-10(7-12(2,3)17-5)11-9(13)8-15-16(11)4/h8,10,14H,6-7H2,1-5H3. The maximum absolute atomic E-state index is 6.18. The van der Waals surface area contributed by atoms with Crippen LogP contribution in [0.1, 0.15) is 38.9 Å². The van der Waals surface area contributed by atoms with Gasteiger partial charge in [0.05, 0.1) is 28.6 Å². The number of nitrogens with one attached hydrogen (secondary N) is 1. The molecule has 1 aromatic heterocycles. The van der Waals surface area contributed by atoms with Gasteiger partial charge in [0.15, 0.2) is 0 Å². The van der Waals surface area contributed by atoms with Crippen LogP contribution in [-0.2, 0) is 11.8 Å². The van der Waals surface area contributed by atoms with Gasteiger partial charge in [0.1, 0.15) is 0 Å². The highest BCUT2D eigenvalue weighted by Crippen LogP contribution is 2.29. The molecule has 17 heavy (non-hydrogen) atoms. The lowest BCUT2D eigenvalue weighted by Gasteiger charge is -2.29. The van der Waals surface area contributed by atoms with Crippen molar-refractivity contribution >= 4 is 11.6 Å². The molecule has 1 heterocycles. The maximum atomic E-state index is 6.18. The van der Waals surface area contributed by atoms with Gasteiger partial charge in [-0.3, -0.25) is 4.68 Å². The normalized spacial score (nSPS) is 14.0. The topological polar surface area (TPSA) is 39.1 Å². The summed E-state index contributed by atoms with van der Waals surface area (Å²) in [4.78, 5) is 0. The first-order chi connectivity index (χ1) is 7.91. The average molecular weight is 260 g/mol. The lowest BCUT2D eigenvalue weighted by atomic mass is 9.96. The first-order valence-corrected chi connectivity index (χ1v) is 6.25. The van der Waals surface area contributed by atoms with E-state index in [2.05, 4.69) is 31.2 Å². The van der Waals surface area contributed by atoms with E-state index in [1.807, 2.05) is 11.7 Å². The number of halogens is 1. The summed E-state index contributed by atoms with van der Waals surface area (Å²) < 4.78 is 7.30. The summed E-state index contributed by atoms with van der Waals surface area (Å²) in [6.45, 7) is 7.10. The summed E-state index contributed by atoms with van der Waals surface area (Å²) in [5.41, 5.74) is 0.819. The summed E-state index contributed by atoms with van der Waals surface area (Å²) in [6.07, 6.45) is 2.53. The summed E-state index contributed by atoms with van der Waals surface area (Å²) in [5, 5.41) is 8.31. The number of hydrogen-bond donors (Lipinski definition) is 1. The molecule has 0 radical (unpaired) electrons. The summed E-state index contributed by atoms with van der Waals surface area (Å²) in [6, 6.07) is 0.148. The minimum Gasteiger partial charge on any atom is -0.379 e. The Labute approximate surface area is 108 Å². The van der Waals surface area contributed by atoms with Gasteiger partial charge in [0, 0.05) is 14.2 Å². The maximum Gasteiger partial charge on any atom is 0.0834 e. The van der Waals surface area contributed by atoms with Crippen molar-refractivity contribution in [3.63, 3.8) is 0 Å². The van der Waals surface area contributed by atoms with Crippen LogP contribution in [-0.4, -0.2) is 29.0 Å². The van der Waals surface area contributed by atoms with Crippen molar-refractivity contribution in [1.82, 2.24) is 15.1 Å². The highest BCUT2D eigenvalue weighted by molar-refractivity contribution is 6.31. The Bertz CT molecular complexity index is 343. The van der Waals surface area contributed by atoms with E-state index in [0.29, 0.717) is 5.02 Å². The Kier molecular flexibility index (Phi) is 4.98. The summed E-state index contributed by atoms with van der Waals surface area (Å²) in [7, 11) is 3.64. The Hall–Kier alpha value is -0.580. The van der Waals surface area contributed by atoms with Gasteiger partial charge in [0.2, 0.25) is 0 Å². The zero-order valence-electron chi connectivity index (χ0n) is 11.2. The number of hydrogen-bond acceptors (Lipinski definition) is 3. The SMILES string of the molecule is CCNC(CC(C)(C)OC)c1c(Cl)cnn1C. The van der Waals surface area contributed by atoms with Crippen LogP contribution in [0.15, 0.2) is 6.20 Å². The first-order valence-electron chi connectivity index (χ1n) is 5.87. The average Bonchev–Trinajstić information content (AvgIpc) is 2.58. The number of methoxy groups -OCH3 is 1. The molecule has 0 bridgehead atoms. The molecule has 98 valence electrons. The number of nitrogens with zero attached hydrogens (tertiary/aromatic N) is 2. The monoisotopic (exact) mass is 259 g/mol. The molecule has 0 aromatic carbocycles. The van der Waals surface area contributed by atoms with E-state index >= 15 is 0 Å². The molecular formula is C12H22ClN3O. The Morgan fingerprint density at radius 3 is 2.65 bits per heavy atom.